The molecule has 3 aromatic rings. The second kappa shape index (κ2) is 9.94. The van der Waals surface area contributed by atoms with Crippen molar-refractivity contribution in [2.24, 2.45) is 0 Å². The largest absolute Gasteiger partial charge is 0.372 e. The summed E-state index contributed by atoms with van der Waals surface area (Å²) >= 11 is 1.24. The van der Waals surface area contributed by atoms with Crippen LogP contribution in [0.5, 0.6) is 0 Å². The summed E-state index contributed by atoms with van der Waals surface area (Å²) in [5.74, 6) is -0.142. The fraction of sp³-hybridized carbons (Fsp3) is 0.217. The van der Waals surface area contributed by atoms with Crippen LogP contribution in [0.1, 0.15) is 23.3 Å². The Bertz CT molecular complexity index is 1130. The first-order chi connectivity index (χ1) is 15.6. The van der Waals surface area contributed by atoms with Crippen LogP contribution in [-0.4, -0.2) is 30.0 Å². The molecule has 4 rings (SSSR count). The van der Waals surface area contributed by atoms with Gasteiger partial charge in [-0.15, -0.1) is 11.3 Å². The second-order valence-electron chi connectivity index (χ2n) is 7.37. The van der Waals surface area contributed by atoms with Crippen molar-refractivity contribution >= 4 is 45.5 Å². The molecule has 0 spiro atoms. The van der Waals surface area contributed by atoms with E-state index in [9.17, 15) is 9.59 Å². The molecule has 1 aliphatic rings. The predicted octanol–water partition coefficient (Wildman–Crippen LogP) is 4.44. The van der Waals surface area contributed by atoms with Gasteiger partial charge in [-0.25, -0.2) is 9.78 Å². The number of nitrogens with zero attached hydrogens (tertiary/aromatic N) is 3. The minimum absolute atomic E-state index is 0.142. The van der Waals surface area contributed by atoms with E-state index >= 15 is 0 Å². The van der Waals surface area contributed by atoms with Crippen molar-refractivity contribution < 1.29 is 9.59 Å². The van der Waals surface area contributed by atoms with Gasteiger partial charge >= 0.3 is 6.03 Å². The van der Waals surface area contributed by atoms with E-state index in [4.69, 9.17) is 5.26 Å². The molecule has 3 N–H and O–H groups in total. The fourth-order valence-electron chi connectivity index (χ4n) is 3.43. The summed E-state index contributed by atoms with van der Waals surface area (Å²) in [7, 11) is 0. The van der Waals surface area contributed by atoms with Crippen molar-refractivity contribution in [2.45, 2.75) is 19.3 Å². The summed E-state index contributed by atoms with van der Waals surface area (Å²) in [6.45, 7) is 2.16. The van der Waals surface area contributed by atoms with Crippen LogP contribution >= 0.6 is 11.3 Å². The maximum Gasteiger partial charge on any atom is 0.325 e. The molecule has 162 valence electrons. The Balaban J connectivity index is 1.26. The van der Waals surface area contributed by atoms with Gasteiger partial charge in [-0.1, -0.05) is 0 Å². The number of thiazole rings is 1. The molecule has 0 atom stereocenters. The number of nitriles is 1. The van der Waals surface area contributed by atoms with E-state index in [0.29, 0.717) is 16.4 Å². The zero-order chi connectivity index (χ0) is 22.3. The van der Waals surface area contributed by atoms with Gasteiger partial charge in [-0.3, -0.25) is 10.1 Å². The SMILES string of the molecule is N#Cc1ccc(NC(=O)Nc2ncc(CC(=O)Nc3ccc(N4CCCC4)cc3)s2)cc1. The summed E-state index contributed by atoms with van der Waals surface area (Å²) in [6, 6.07) is 16.0. The van der Waals surface area contributed by atoms with E-state index < -0.39 is 6.03 Å². The average molecular weight is 447 g/mol. The molecule has 2 heterocycles. The molecule has 1 aliphatic heterocycles. The first kappa shape index (κ1) is 21.3. The minimum atomic E-state index is -0.446. The van der Waals surface area contributed by atoms with Crippen LogP contribution in [0.25, 0.3) is 0 Å². The summed E-state index contributed by atoms with van der Waals surface area (Å²) in [6.07, 6.45) is 4.20. The van der Waals surface area contributed by atoms with Crippen molar-refractivity contribution in [2.75, 3.05) is 33.9 Å². The Hall–Kier alpha value is -3.90. The fourth-order valence-corrected chi connectivity index (χ4v) is 4.24. The van der Waals surface area contributed by atoms with Crippen LogP contribution in [0.4, 0.5) is 27.0 Å². The van der Waals surface area contributed by atoms with Gasteiger partial charge in [0, 0.05) is 41.2 Å². The Labute approximate surface area is 189 Å². The quantitative estimate of drug-likeness (QED) is 0.518. The Morgan fingerprint density at radius 2 is 1.62 bits per heavy atom. The number of aromatic nitrogens is 1. The third-order valence-electron chi connectivity index (χ3n) is 5.00. The molecular weight excluding hydrogens is 424 g/mol. The van der Waals surface area contributed by atoms with Gasteiger partial charge in [0.15, 0.2) is 5.13 Å². The monoisotopic (exact) mass is 446 g/mol. The molecule has 0 saturated carbocycles. The molecule has 3 amide bonds. The second-order valence-corrected chi connectivity index (χ2v) is 8.48. The predicted molar refractivity (Wildman–Crippen MR) is 126 cm³/mol. The highest BCUT2D eigenvalue weighted by Gasteiger charge is 2.13. The Kier molecular flexibility index (Phi) is 6.63. The van der Waals surface area contributed by atoms with E-state index in [2.05, 4.69) is 25.8 Å². The molecule has 0 aliphatic carbocycles. The first-order valence-electron chi connectivity index (χ1n) is 10.3. The number of hydrogen-bond donors (Lipinski definition) is 3. The Morgan fingerprint density at radius 3 is 2.31 bits per heavy atom. The van der Waals surface area contributed by atoms with Crippen LogP contribution < -0.4 is 20.9 Å². The summed E-state index contributed by atoms with van der Waals surface area (Å²) in [5.41, 5.74) is 3.01. The number of carbonyl (C=O) groups excluding carboxylic acids is 2. The van der Waals surface area contributed by atoms with E-state index in [1.54, 1.807) is 30.5 Å². The van der Waals surface area contributed by atoms with Crippen LogP contribution in [-0.2, 0) is 11.2 Å². The lowest BCUT2D eigenvalue weighted by Crippen LogP contribution is -2.19. The first-order valence-corrected chi connectivity index (χ1v) is 11.1. The highest BCUT2D eigenvalue weighted by molar-refractivity contribution is 7.15. The zero-order valence-corrected chi connectivity index (χ0v) is 18.1. The smallest absolute Gasteiger partial charge is 0.325 e. The molecule has 0 radical (unpaired) electrons. The van der Waals surface area contributed by atoms with Gasteiger partial charge in [-0.2, -0.15) is 5.26 Å². The molecule has 9 heteroatoms. The standard InChI is InChI=1S/C23H22N6O2S/c24-14-16-3-5-18(6-4-16)27-22(31)28-23-25-15-20(32-23)13-21(30)26-17-7-9-19(10-8-17)29-11-1-2-12-29/h3-10,15H,1-2,11-13H2,(H,26,30)(H2,25,27,28,31). The maximum atomic E-state index is 12.4. The summed E-state index contributed by atoms with van der Waals surface area (Å²) < 4.78 is 0. The third-order valence-corrected chi connectivity index (χ3v) is 5.92. The lowest BCUT2D eigenvalue weighted by molar-refractivity contribution is -0.115. The number of benzene rings is 2. The number of urea groups is 1. The van der Waals surface area contributed by atoms with Crippen molar-refractivity contribution in [1.82, 2.24) is 4.98 Å². The molecule has 1 saturated heterocycles. The van der Waals surface area contributed by atoms with Gasteiger partial charge in [0.1, 0.15) is 0 Å². The average Bonchev–Trinajstić information content (AvgIpc) is 3.47. The van der Waals surface area contributed by atoms with Crippen molar-refractivity contribution in [3.05, 3.63) is 65.2 Å². The van der Waals surface area contributed by atoms with Gasteiger partial charge < -0.3 is 15.5 Å². The normalized spacial score (nSPS) is 12.8. The molecule has 32 heavy (non-hydrogen) atoms. The van der Waals surface area contributed by atoms with Crippen LogP contribution in [0.15, 0.2) is 54.7 Å². The molecule has 1 fully saturated rings. The van der Waals surface area contributed by atoms with E-state index in [1.165, 1.54) is 29.9 Å². The van der Waals surface area contributed by atoms with Crippen LogP contribution in [0.3, 0.4) is 0 Å². The van der Waals surface area contributed by atoms with Gasteiger partial charge in [0.2, 0.25) is 5.91 Å². The molecule has 0 unspecified atom stereocenters. The number of amides is 3. The topological polar surface area (TPSA) is 110 Å². The van der Waals surface area contributed by atoms with Crippen molar-refractivity contribution in [3.63, 3.8) is 0 Å². The lowest BCUT2D eigenvalue weighted by atomic mass is 10.2. The highest BCUT2D eigenvalue weighted by atomic mass is 32.1. The number of anilines is 4. The van der Waals surface area contributed by atoms with Crippen LogP contribution in [0.2, 0.25) is 0 Å². The molecule has 2 aromatic carbocycles. The van der Waals surface area contributed by atoms with Crippen molar-refractivity contribution in [3.8, 4) is 6.07 Å². The molecule has 1 aromatic heterocycles. The minimum Gasteiger partial charge on any atom is -0.372 e. The third kappa shape index (κ3) is 5.62. The van der Waals surface area contributed by atoms with Crippen LogP contribution in [0, 0.1) is 11.3 Å². The van der Waals surface area contributed by atoms with Gasteiger partial charge in [0.25, 0.3) is 0 Å². The summed E-state index contributed by atoms with van der Waals surface area (Å²) in [4.78, 5) is 31.8. The van der Waals surface area contributed by atoms with E-state index in [-0.39, 0.29) is 12.3 Å². The molecule has 0 bridgehead atoms. The molecule has 8 nitrogen and oxygen atoms in total. The van der Waals surface area contributed by atoms with Crippen molar-refractivity contribution in [1.29, 1.82) is 5.26 Å². The van der Waals surface area contributed by atoms with E-state index in [1.807, 2.05) is 30.3 Å². The Morgan fingerprint density at radius 1 is 0.969 bits per heavy atom. The lowest BCUT2D eigenvalue weighted by Gasteiger charge is -2.17. The highest BCUT2D eigenvalue weighted by Crippen LogP contribution is 2.23. The van der Waals surface area contributed by atoms with Gasteiger partial charge in [0.05, 0.1) is 18.1 Å². The number of carbonyl (C=O) groups is 2. The number of hydrogen-bond acceptors (Lipinski definition) is 6. The maximum absolute atomic E-state index is 12.4. The van der Waals surface area contributed by atoms with E-state index in [0.717, 1.165) is 23.7 Å². The zero-order valence-electron chi connectivity index (χ0n) is 17.3. The summed E-state index contributed by atoms with van der Waals surface area (Å²) in [5, 5.41) is 17.4. The van der Waals surface area contributed by atoms with Gasteiger partial charge in [-0.05, 0) is 61.4 Å². The number of nitrogens with one attached hydrogen (secondary N) is 3. The number of rotatable bonds is 6. The molecular formula is C23H22N6O2S.